The molecule has 1 aromatic carbocycles. The molecule has 0 saturated carbocycles. The number of halogens is 1. The summed E-state index contributed by atoms with van der Waals surface area (Å²) in [5.41, 5.74) is 2.41. The minimum Gasteiger partial charge on any atom is -0.306 e. The zero-order valence-corrected chi connectivity index (χ0v) is 10.9. The van der Waals surface area contributed by atoms with E-state index in [-0.39, 0.29) is 0 Å². The van der Waals surface area contributed by atoms with E-state index in [2.05, 4.69) is 24.1 Å². The van der Waals surface area contributed by atoms with E-state index in [9.17, 15) is 4.79 Å². The van der Waals surface area contributed by atoms with Crippen LogP contribution >= 0.6 is 11.6 Å². The van der Waals surface area contributed by atoms with Gasteiger partial charge in [0.15, 0.2) is 0 Å². The predicted molar refractivity (Wildman–Crippen MR) is 70.7 cm³/mol. The quantitative estimate of drug-likeness (QED) is 0.767. The molecule has 1 aliphatic heterocycles. The highest BCUT2D eigenvalue weighted by molar-refractivity contribution is 6.31. The van der Waals surface area contributed by atoms with Gasteiger partial charge in [-0.25, -0.2) is 0 Å². The lowest BCUT2D eigenvalue weighted by Crippen LogP contribution is -2.13. The monoisotopic (exact) mass is 251 g/mol. The molecular weight excluding hydrogens is 234 g/mol. The lowest BCUT2D eigenvalue weighted by atomic mass is 9.96. The van der Waals surface area contributed by atoms with Gasteiger partial charge >= 0.3 is 0 Å². The van der Waals surface area contributed by atoms with Crippen molar-refractivity contribution in [3.8, 4) is 0 Å². The molecule has 3 heteroatoms. The number of carbonyl (C=O) groups excluding carboxylic acids is 1. The van der Waals surface area contributed by atoms with Crippen LogP contribution in [0.1, 0.15) is 29.9 Å². The summed E-state index contributed by atoms with van der Waals surface area (Å²) in [4.78, 5) is 12.7. The van der Waals surface area contributed by atoms with Gasteiger partial charge in [-0.2, -0.15) is 0 Å². The largest absolute Gasteiger partial charge is 0.306 e. The first-order chi connectivity index (χ1) is 8.20. The SMILES string of the molecule is CN1CCC(c2ccc(CCC=O)cc2Cl)C1. The van der Waals surface area contributed by atoms with Crippen LogP contribution in [0, 0.1) is 0 Å². The van der Waals surface area contributed by atoms with Crippen LogP contribution in [0.4, 0.5) is 0 Å². The van der Waals surface area contributed by atoms with Crippen LogP contribution in [0.2, 0.25) is 5.02 Å². The van der Waals surface area contributed by atoms with Gasteiger partial charge in [0.05, 0.1) is 0 Å². The molecule has 0 N–H and O–H groups in total. The second-order valence-electron chi connectivity index (χ2n) is 4.81. The number of hydrogen-bond acceptors (Lipinski definition) is 2. The lowest BCUT2D eigenvalue weighted by Gasteiger charge is -2.13. The van der Waals surface area contributed by atoms with Crippen molar-refractivity contribution in [2.45, 2.75) is 25.2 Å². The molecular formula is C14H18ClNO. The minimum atomic E-state index is 0.563. The van der Waals surface area contributed by atoms with Crippen LogP contribution in [-0.4, -0.2) is 31.3 Å². The number of nitrogens with zero attached hydrogens (tertiary/aromatic N) is 1. The molecule has 2 nitrogen and oxygen atoms in total. The maximum atomic E-state index is 10.3. The minimum absolute atomic E-state index is 0.563. The molecule has 1 heterocycles. The number of carbonyl (C=O) groups is 1. The Bertz CT molecular complexity index is 405. The first kappa shape index (κ1) is 12.6. The van der Waals surface area contributed by atoms with E-state index in [1.165, 1.54) is 12.0 Å². The number of hydrogen-bond donors (Lipinski definition) is 0. The van der Waals surface area contributed by atoms with Gasteiger partial charge in [0, 0.05) is 18.0 Å². The fourth-order valence-electron chi connectivity index (χ4n) is 2.47. The summed E-state index contributed by atoms with van der Waals surface area (Å²) >= 11 is 6.33. The van der Waals surface area contributed by atoms with E-state index < -0.39 is 0 Å². The molecule has 2 rings (SSSR count). The smallest absolute Gasteiger partial charge is 0.120 e. The first-order valence-electron chi connectivity index (χ1n) is 6.11. The van der Waals surface area contributed by atoms with E-state index >= 15 is 0 Å². The molecule has 1 saturated heterocycles. The standard InChI is InChI=1S/C14H18ClNO/c1-16-7-6-12(10-16)13-5-4-11(3-2-8-17)9-14(13)15/h4-5,8-9,12H,2-3,6-7,10H2,1H3. The molecule has 0 amide bonds. The van der Waals surface area contributed by atoms with E-state index in [0.717, 1.165) is 36.4 Å². The Morgan fingerprint density at radius 2 is 2.35 bits per heavy atom. The van der Waals surface area contributed by atoms with Crippen LogP contribution in [0.5, 0.6) is 0 Å². The zero-order valence-electron chi connectivity index (χ0n) is 10.2. The Labute approximate surface area is 108 Å². The maximum Gasteiger partial charge on any atom is 0.120 e. The Hall–Kier alpha value is -0.860. The predicted octanol–water partition coefficient (Wildman–Crippen LogP) is 2.89. The number of aldehydes is 1. The van der Waals surface area contributed by atoms with Crippen molar-refractivity contribution in [3.05, 3.63) is 34.3 Å². The normalized spacial score (nSPS) is 20.7. The third-order valence-electron chi connectivity index (χ3n) is 3.45. The van der Waals surface area contributed by atoms with Crippen molar-refractivity contribution in [2.75, 3.05) is 20.1 Å². The summed E-state index contributed by atoms with van der Waals surface area (Å²) in [6.07, 6.45) is 3.49. The molecule has 1 aromatic rings. The van der Waals surface area contributed by atoms with E-state index in [1.54, 1.807) is 0 Å². The third-order valence-corrected chi connectivity index (χ3v) is 3.77. The average molecular weight is 252 g/mol. The summed E-state index contributed by atoms with van der Waals surface area (Å²) in [7, 11) is 2.15. The molecule has 1 unspecified atom stereocenters. The Balaban J connectivity index is 2.11. The van der Waals surface area contributed by atoms with Crippen molar-refractivity contribution < 1.29 is 4.79 Å². The van der Waals surface area contributed by atoms with Crippen LogP contribution in [0.3, 0.4) is 0 Å². The summed E-state index contributed by atoms with van der Waals surface area (Å²) in [6.45, 7) is 2.24. The summed E-state index contributed by atoms with van der Waals surface area (Å²) in [5, 5.41) is 0.855. The number of likely N-dealkylation sites (N-methyl/N-ethyl adjacent to an activating group) is 1. The zero-order chi connectivity index (χ0) is 12.3. The number of benzene rings is 1. The second-order valence-corrected chi connectivity index (χ2v) is 5.22. The second kappa shape index (κ2) is 5.65. The van der Waals surface area contributed by atoms with E-state index in [0.29, 0.717) is 12.3 Å². The molecule has 17 heavy (non-hydrogen) atoms. The van der Waals surface area contributed by atoms with Gasteiger partial charge in [-0.15, -0.1) is 0 Å². The molecule has 0 aliphatic carbocycles. The first-order valence-corrected chi connectivity index (χ1v) is 6.49. The number of aryl methyl sites for hydroxylation is 1. The Morgan fingerprint density at radius 3 is 2.94 bits per heavy atom. The van der Waals surface area contributed by atoms with E-state index in [4.69, 9.17) is 11.6 Å². The van der Waals surface area contributed by atoms with Crippen LogP contribution in [0.25, 0.3) is 0 Å². The molecule has 1 atom stereocenters. The third kappa shape index (κ3) is 3.08. The highest BCUT2D eigenvalue weighted by atomic mass is 35.5. The maximum absolute atomic E-state index is 10.3. The van der Waals surface area contributed by atoms with Crippen molar-refractivity contribution in [3.63, 3.8) is 0 Å². The van der Waals surface area contributed by atoms with Gasteiger partial charge in [-0.05, 0) is 49.5 Å². The Morgan fingerprint density at radius 1 is 1.53 bits per heavy atom. The van der Waals surface area contributed by atoms with Crippen molar-refractivity contribution in [1.82, 2.24) is 4.90 Å². The fourth-order valence-corrected chi connectivity index (χ4v) is 2.83. The van der Waals surface area contributed by atoms with Crippen molar-refractivity contribution >= 4 is 17.9 Å². The number of likely N-dealkylation sites (tertiary alicyclic amines) is 1. The van der Waals surface area contributed by atoms with Crippen molar-refractivity contribution in [2.24, 2.45) is 0 Å². The van der Waals surface area contributed by atoms with E-state index in [1.807, 2.05) is 6.07 Å². The van der Waals surface area contributed by atoms with Crippen LogP contribution in [0.15, 0.2) is 18.2 Å². The summed E-state index contributed by atoms with van der Waals surface area (Å²) in [5.74, 6) is 0.563. The molecule has 0 spiro atoms. The average Bonchev–Trinajstić information content (AvgIpc) is 2.73. The molecule has 1 aliphatic rings. The topological polar surface area (TPSA) is 20.3 Å². The van der Waals surface area contributed by atoms with Gasteiger partial charge in [0.2, 0.25) is 0 Å². The lowest BCUT2D eigenvalue weighted by molar-refractivity contribution is -0.107. The molecule has 1 fully saturated rings. The highest BCUT2D eigenvalue weighted by Crippen LogP contribution is 2.32. The fraction of sp³-hybridized carbons (Fsp3) is 0.500. The van der Waals surface area contributed by atoms with Gasteiger partial charge in [-0.3, -0.25) is 0 Å². The van der Waals surface area contributed by atoms with Crippen LogP contribution in [-0.2, 0) is 11.2 Å². The molecule has 0 bridgehead atoms. The van der Waals surface area contributed by atoms with Gasteiger partial charge in [-0.1, -0.05) is 23.7 Å². The molecule has 0 radical (unpaired) electrons. The molecule has 0 aromatic heterocycles. The van der Waals surface area contributed by atoms with Gasteiger partial charge in [0.25, 0.3) is 0 Å². The number of rotatable bonds is 4. The van der Waals surface area contributed by atoms with Crippen molar-refractivity contribution in [1.29, 1.82) is 0 Å². The Kier molecular flexibility index (Phi) is 4.19. The summed E-state index contributed by atoms with van der Waals surface area (Å²) in [6, 6.07) is 6.24. The van der Waals surface area contributed by atoms with Crippen LogP contribution < -0.4 is 0 Å². The van der Waals surface area contributed by atoms with Gasteiger partial charge < -0.3 is 9.69 Å². The molecule has 92 valence electrons. The summed E-state index contributed by atoms with van der Waals surface area (Å²) < 4.78 is 0. The van der Waals surface area contributed by atoms with Gasteiger partial charge in [0.1, 0.15) is 6.29 Å². The highest BCUT2D eigenvalue weighted by Gasteiger charge is 2.22.